The van der Waals surface area contributed by atoms with Crippen molar-refractivity contribution in [2.75, 3.05) is 33.4 Å². The lowest BCUT2D eigenvalue weighted by Crippen LogP contribution is -2.47. The van der Waals surface area contributed by atoms with Crippen molar-refractivity contribution in [1.82, 2.24) is 4.90 Å². The number of methoxy groups -OCH3 is 1. The average molecular weight is 533 g/mol. The van der Waals surface area contributed by atoms with Crippen LogP contribution < -0.4 is 0 Å². The Labute approximate surface area is 232 Å². The largest absolute Gasteiger partial charge is 0.491 e. The molecule has 0 radical (unpaired) electrons. The number of rotatable bonds is 8. The quantitative estimate of drug-likeness (QED) is 0.304. The molecule has 7 heteroatoms. The molecule has 5 nitrogen and oxygen atoms in total. The molecule has 2 fully saturated rings. The smallest absolute Gasteiger partial charge is 0.465 e. The standard InChI is InChI=1S/C32H41BFNO4/c1-31(2)32(3,4)39-33(38-31)28-9-6-8-25-19-26(30(36)37-5)14-15-27(25)29(28)24-12-10-22(11-13-24)18-23-20-35(21-23)17-7-16-34/h10-15,19,23H,6-9,16-18,20-21H2,1-5H3. The SMILES string of the molecule is COC(=O)c1ccc2c(c1)CCCC(B1OC(C)(C)C(C)(C)O1)=C2c1ccc(CC2CN(CCCF)C2)cc1. The summed E-state index contributed by atoms with van der Waals surface area (Å²) in [6.45, 7) is 11.1. The minimum atomic E-state index is -0.429. The molecule has 39 heavy (non-hydrogen) atoms. The third-order valence-corrected chi connectivity index (χ3v) is 8.95. The first-order valence-electron chi connectivity index (χ1n) is 14.3. The van der Waals surface area contributed by atoms with Crippen molar-refractivity contribution in [3.63, 3.8) is 0 Å². The summed E-state index contributed by atoms with van der Waals surface area (Å²) in [7, 11) is 0.990. The van der Waals surface area contributed by atoms with Gasteiger partial charge in [-0.1, -0.05) is 30.3 Å². The zero-order valence-corrected chi connectivity index (χ0v) is 24.0. The molecule has 0 unspecified atom stereocenters. The number of ether oxygens (including phenoxy) is 1. The summed E-state index contributed by atoms with van der Waals surface area (Å²) >= 11 is 0. The van der Waals surface area contributed by atoms with Gasteiger partial charge in [0.15, 0.2) is 0 Å². The number of allylic oxidation sites excluding steroid dienone is 1. The van der Waals surface area contributed by atoms with Crippen LogP contribution in [0.1, 0.15) is 79.6 Å². The van der Waals surface area contributed by atoms with E-state index >= 15 is 0 Å². The Kier molecular flexibility index (Phi) is 8.05. The van der Waals surface area contributed by atoms with E-state index in [2.05, 4.69) is 62.9 Å². The molecule has 2 heterocycles. The second-order valence-electron chi connectivity index (χ2n) is 12.3. The molecule has 208 valence electrons. The third kappa shape index (κ3) is 5.72. The maximum atomic E-state index is 12.5. The van der Waals surface area contributed by atoms with E-state index in [-0.39, 0.29) is 12.6 Å². The maximum absolute atomic E-state index is 12.5. The van der Waals surface area contributed by atoms with Crippen molar-refractivity contribution in [1.29, 1.82) is 0 Å². The summed E-state index contributed by atoms with van der Waals surface area (Å²) < 4.78 is 30.6. The molecule has 2 saturated heterocycles. The number of halogens is 1. The molecule has 0 atom stereocenters. The van der Waals surface area contributed by atoms with Gasteiger partial charge in [0.05, 0.1) is 30.5 Å². The Morgan fingerprint density at radius 1 is 1.05 bits per heavy atom. The molecular formula is C32H41BFNO4. The van der Waals surface area contributed by atoms with Gasteiger partial charge in [-0.25, -0.2) is 4.79 Å². The fourth-order valence-corrected chi connectivity index (χ4v) is 6.03. The third-order valence-electron chi connectivity index (χ3n) is 8.95. The van der Waals surface area contributed by atoms with E-state index in [1.807, 2.05) is 12.1 Å². The number of benzene rings is 2. The van der Waals surface area contributed by atoms with Crippen LogP contribution in [0.2, 0.25) is 0 Å². The number of carbonyl (C=O) groups excluding carboxylic acids is 1. The van der Waals surface area contributed by atoms with Crippen LogP contribution >= 0.6 is 0 Å². The van der Waals surface area contributed by atoms with Gasteiger partial charge in [-0.05, 0) is 111 Å². The molecule has 3 aliphatic rings. The lowest BCUT2D eigenvalue weighted by Gasteiger charge is -2.39. The molecule has 2 aromatic rings. The molecule has 1 aliphatic carbocycles. The molecule has 5 rings (SSSR count). The van der Waals surface area contributed by atoms with Crippen molar-refractivity contribution < 1.29 is 23.2 Å². The number of fused-ring (bicyclic) bond motifs is 1. The Morgan fingerprint density at radius 2 is 1.74 bits per heavy atom. The minimum Gasteiger partial charge on any atom is -0.465 e. The molecule has 2 aliphatic heterocycles. The summed E-state index contributed by atoms with van der Waals surface area (Å²) in [5.41, 5.74) is 6.75. The number of alkyl halides is 1. The number of aryl methyl sites for hydroxylation is 1. The van der Waals surface area contributed by atoms with Gasteiger partial charge in [0, 0.05) is 19.6 Å². The maximum Gasteiger partial charge on any atom is 0.491 e. The van der Waals surface area contributed by atoms with Gasteiger partial charge in [0.1, 0.15) is 0 Å². The molecule has 0 amide bonds. The predicted octanol–water partition coefficient (Wildman–Crippen LogP) is 6.08. The number of nitrogens with zero attached hydrogens (tertiary/aromatic N) is 1. The summed E-state index contributed by atoms with van der Waals surface area (Å²) in [6, 6.07) is 14.8. The lowest BCUT2D eigenvalue weighted by molar-refractivity contribution is 0.00578. The first-order valence-corrected chi connectivity index (χ1v) is 14.3. The molecule has 0 spiro atoms. The van der Waals surface area contributed by atoms with Gasteiger partial charge in [-0.3, -0.25) is 4.39 Å². The number of esters is 1. The van der Waals surface area contributed by atoms with Gasteiger partial charge in [0.25, 0.3) is 0 Å². The van der Waals surface area contributed by atoms with Crippen LogP contribution in [0, 0.1) is 5.92 Å². The van der Waals surface area contributed by atoms with E-state index < -0.39 is 18.3 Å². The number of hydrogen-bond donors (Lipinski definition) is 0. The number of hydrogen-bond acceptors (Lipinski definition) is 5. The molecule has 0 N–H and O–H groups in total. The first kappa shape index (κ1) is 28.1. The zero-order valence-electron chi connectivity index (χ0n) is 24.0. The van der Waals surface area contributed by atoms with Gasteiger partial charge >= 0.3 is 13.1 Å². The Bertz CT molecular complexity index is 1220. The van der Waals surface area contributed by atoms with Crippen molar-refractivity contribution in [2.45, 2.75) is 71.0 Å². The second kappa shape index (κ2) is 11.2. The van der Waals surface area contributed by atoms with Crippen LogP contribution in [0.4, 0.5) is 4.39 Å². The van der Waals surface area contributed by atoms with Crippen molar-refractivity contribution >= 4 is 18.7 Å². The number of carbonyl (C=O) groups is 1. The highest BCUT2D eigenvalue weighted by Crippen LogP contribution is 2.44. The van der Waals surface area contributed by atoms with Crippen molar-refractivity contribution in [2.24, 2.45) is 5.92 Å². The highest BCUT2D eigenvalue weighted by Gasteiger charge is 2.53. The molecule has 0 bridgehead atoms. The molecular weight excluding hydrogens is 492 g/mol. The van der Waals surface area contributed by atoms with E-state index in [9.17, 15) is 9.18 Å². The van der Waals surface area contributed by atoms with Crippen LogP contribution in [0.3, 0.4) is 0 Å². The Hall–Kier alpha value is -2.48. The monoisotopic (exact) mass is 533 g/mol. The summed E-state index contributed by atoms with van der Waals surface area (Å²) in [6.07, 6.45) is 4.33. The predicted molar refractivity (Wildman–Crippen MR) is 153 cm³/mol. The Morgan fingerprint density at radius 3 is 2.38 bits per heavy atom. The van der Waals surface area contributed by atoms with Crippen LogP contribution in [0.25, 0.3) is 5.57 Å². The van der Waals surface area contributed by atoms with E-state index in [1.165, 1.54) is 12.7 Å². The summed E-state index contributed by atoms with van der Waals surface area (Å²) in [5, 5.41) is 0. The van der Waals surface area contributed by atoms with Crippen LogP contribution in [-0.2, 0) is 26.9 Å². The van der Waals surface area contributed by atoms with Crippen LogP contribution in [0.15, 0.2) is 47.9 Å². The second-order valence-corrected chi connectivity index (χ2v) is 12.3. The highest BCUT2D eigenvalue weighted by atomic mass is 19.1. The summed E-state index contributed by atoms with van der Waals surface area (Å²) in [4.78, 5) is 14.6. The molecule has 0 aromatic heterocycles. The van der Waals surface area contributed by atoms with Crippen molar-refractivity contribution in [3.05, 3.63) is 75.8 Å². The Balaban J connectivity index is 1.48. The fraction of sp³-hybridized carbons (Fsp3) is 0.531. The molecule has 0 saturated carbocycles. The van der Waals surface area contributed by atoms with Crippen LogP contribution in [-0.4, -0.2) is 62.6 Å². The van der Waals surface area contributed by atoms with Gasteiger partial charge in [-0.2, -0.15) is 0 Å². The van der Waals surface area contributed by atoms with E-state index in [1.54, 1.807) is 0 Å². The normalized spacial score (nSPS) is 20.9. The average Bonchev–Trinajstić information content (AvgIpc) is 3.01. The first-order chi connectivity index (χ1) is 18.6. The van der Waals surface area contributed by atoms with E-state index in [0.717, 1.165) is 73.1 Å². The van der Waals surface area contributed by atoms with Gasteiger partial charge in [0.2, 0.25) is 0 Å². The van der Waals surface area contributed by atoms with Crippen molar-refractivity contribution in [3.8, 4) is 0 Å². The van der Waals surface area contributed by atoms with E-state index in [4.69, 9.17) is 14.0 Å². The topological polar surface area (TPSA) is 48.0 Å². The highest BCUT2D eigenvalue weighted by molar-refractivity contribution is 6.56. The van der Waals surface area contributed by atoms with E-state index in [0.29, 0.717) is 17.9 Å². The van der Waals surface area contributed by atoms with Gasteiger partial charge in [-0.15, -0.1) is 0 Å². The van der Waals surface area contributed by atoms with Crippen LogP contribution in [0.5, 0.6) is 0 Å². The van der Waals surface area contributed by atoms with Gasteiger partial charge < -0.3 is 18.9 Å². The number of likely N-dealkylation sites (tertiary alicyclic amines) is 1. The minimum absolute atomic E-state index is 0.237. The zero-order chi connectivity index (χ0) is 27.8. The fourth-order valence-electron chi connectivity index (χ4n) is 6.03. The summed E-state index contributed by atoms with van der Waals surface area (Å²) in [5.74, 6) is 0.313. The molecule has 2 aromatic carbocycles. The lowest BCUT2D eigenvalue weighted by atomic mass is 9.70.